The van der Waals surface area contributed by atoms with Crippen LogP contribution in [0, 0.1) is 20.2 Å². The number of hydrogen-bond acceptors (Lipinski definition) is 6. The molecule has 0 unspecified atom stereocenters. The molecule has 8 heteroatoms. The molecule has 0 saturated carbocycles. The van der Waals surface area contributed by atoms with Crippen LogP contribution in [0.3, 0.4) is 0 Å². The zero-order valence-electron chi connectivity index (χ0n) is 10.9. The van der Waals surface area contributed by atoms with Gasteiger partial charge in [0.05, 0.1) is 15.9 Å². The van der Waals surface area contributed by atoms with Crippen LogP contribution in [0.25, 0.3) is 0 Å². The van der Waals surface area contributed by atoms with Gasteiger partial charge in [-0.3, -0.25) is 25.7 Å². The third kappa shape index (κ3) is 4.48. The number of benzene rings is 1. The maximum absolute atomic E-state index is 10.8. The Morgan fingerprint density at radius 2 is 2.05 bits per heavy atom. The normalized spacial score (nSPS) is 11.1. The third-order valence-corrected chi connectivity index (χ3v) is 2.33. The Balaban J connectivity index is 2.84. The van der Waals surface area contributed by atoms with Gasteiger partial charge in [0, 0.05) is 12.3 Å². The summed E-state index contributed by atoms with van der Waals surface area (Å²) in [6, 6.07) is 3.33. The topological polar surface area (TPSA) is 111 Å². The van der Waals surface area contributed by atoms with Crippen molar-refractivity contribution in [3.8, 4) is 0 Å². The summed E-state index contributed by atoms with van der Waals surface area (Å²) < 4.78 is 0. The van der Waals surface area contributed by atoms with Gasteiger partial charge in [-0.2, -0.15) is 5.10 Å². The van der Waals surface area contributed by atoms with E-state index in [4.69, 9.17) is 0 Å². The summed E-state index contributed by atoms with van der Waals surface area (Å²) in [6.45, 7) is 2.04. The number of nitrogens with one attached hydrogen (secondary N) is 1. The highest BCUT2D eigenvalue weighted by Crippen LogP contribution is 2.28. The average Bonchev–Trinajstić information content (AvgIpc) is 2.42. The maximum Gasteiger partial charge on any atom is 0.301 e. The van der Waals surface area contributed by atoms with Crippen LogP contribution in [0.4, 0.5) is 17.1 Å². The fourth-order valence-corrected chi connectivity index (χ4v) is 1.35. The Morgan fingerprint density at radius 1 is 1.30 bits per heavy atom. The second-order valence-electron chi connectivity index (χ2n) is 3.82. The van der Waals surface area contributed by atoms with E-state index in [0.29, 0.717) is 0 Å². The molecule has 0 aliphatic rings. The lowest BCUT2D eigenvalue weighted by Gasteiger charge is -2.01. The van der Waals surface area contributed by atoms with Gasteiger partial charge in [0.15, 0.2) is 0 Å². The van der Waals surface area contributed by atoms with Crippen molar-refractivity contribution in [2.75, 3.05) is 5.43 Å². The molecule has 0 amide bonds. The molecule has 8 nitrogen and oxygen atoms in total. The SMILES string of the molecule is CCC/C=C/C=N\Nc1ccc([N+](=O)[O-])cc1[N+](=O)[O-]. The first kappa shape index (κ1) is 15.3. The van der Waals surface area contributed by atoms with E-state index in [0.717, 1.165) is 18.9 Å². The van der Waals surface area contributed by atoms with Gasteiger partial charge in [0.1, 0.15) is 5.69 Å². The molecule has 0 fully saturated rings. The van der Waals surface area contributed by atoms with Gasteiger partial charge < -0.3 is 0 Å². The lowest BCUT2D eigenvalue weighted by atomic mass is 10.2. The van der Waals surface area contributed by atoms with Crippen molar-refractivity contribution in [2.24, 2.45) is 5.10 Å². The molecule has 0 aromatic heterocycles. The molecular weight excluding hydrogens is 264 g/mol. The van der Waals surface area contributed by atoms with Gasteiger partial charge in [-0.05, 0) is 18.6 Å². The van der Waals surface area contributed by atoms with Crippen molar-refractivity contribution in [2.45, 2.75) is 19.8 Å². The molecular formula is C12H14N4O4. The minimum absolute atomic E-state index is 0.0979. The van der Waals surface area contributed by atoms with Crippen LogP contribution in [-0.2, 0) is 0 Å². The number of nitrogens with zero attached hydrogens (tertiary/aromatic N) is 3. The van der Waals surface area contributed by atoms with Crippen LogP contribution in [-0.4, -0.2) is 16.1 Å². The van der Waals surface area contributed by atoms with Crippen LogP contribution in [0.5, 0.6) is 0 Å². The summed E-state index contributed by atoms with van der Waals surface area (Å²) in [5.41, 5.74) is 1.86. The van der Waals surface area contributed by atoms with Gasteiger partial charge in [-0.25, -0.2) is 0 Å². The Kier molecular flexibility index (Phi) is 5.82. The van der Waals surface area contributed by atoms with Gasteiger partial charge in [0.2, 0.25) is 0 Å². The summed E-state index contributed by atoms with van der Waals surface area (Å²) in [5.74, 6) is 0. The van der Waals surface area contributed by atoms with E-state index < -0.39 is 15.5 Å². The summed E-state index contributed by atoms with van der Waals surface area (Å²) in [6.07, 6.45) is 7.03. The van der Waals surface area contributed by atoms with Crippen LogP contribution in [0.1, 0.15) is 19.8 Å². The maximum atomic E-state index is 10.8. The van der Waals surface area contributed by atoms with Crippen LogP contribution >= 0.6 is 0 Å². The molecule has 0 heterocycles. The second kappa shape index (κ2) is 7.62. The number of rotatable bonds is 7. The first-order valence-electron chi connectivity index (χ1n) is 5.93. The summed E-state index contributed by atoms with van der Waals surface area (Å²) in [7, 11) is 0. The Bertz CT molecular complexity index is 554. The van der Waals surface area contributed by atoms with Crippen molar-refractivity contribution >= 4 is 23.3 Å². The standard InChI is InChI=1S/C12H14N4O4/c1-2-3-4-5-8-13-14-11-7-6-10(15(17)18)9-12(11)16(19)20/h4-9,14H,2-3H2,1H3/b5-4+,13-8-. The molecule has 0 bridgehead atoms. The number of anilines is 1. The number of unbranched alkanes of at least 4 members (excludes halogenated alkanes) is 1. The minimum Gasteiger partial charge on any atom is -0.272 e. The Hall–Kier alpha value is -2.77. The monoisotopic (exact) mass is 278 g/mol. The van der Waals surface area contributed by atoms with Crippen LogP contribution in [0.15, 0.2) is 35.5 Å². The molecule has 20 heavy (non-hydrogen) atoms. The molecule has 0 atom stereocenters. The molecule has 0 aliphatic heterocycles. The number of nitro groups is 2. The van der Waals surface area contributed by atoms with Gasteiger partial charge in [-0.1, -0.05) is 19.4 Å². The Morgan fingerprint density at radius 3 is 2.65 bits per heavy atom. The predicted molar refractivity (Wildman–Crippen MR) is 75.9 cm³/mol. The van der Waals surface area contributed by atoms with E-state index >= 15 is 0 Å². The zero-order valence-corrected chi connectivity index (χ0v) is 10.9. The van der Waals surface area contributed by atoms with E-state index in [1.54, 1.807) is 6.08 Å². The van der Waals surface area contributed by atoms with Crippen molar-refractivity contribution in [3.63, 3.8) is 0 Å². The molecule has 1 N–H and O–H groups in total. The number of nitro benzene ring substituents is 2. The first-order chi connectivity index (χ1) is 9.56. The fourth-order valence-electron chi connectivity index (χ4n) is 1.35. The smallest absolute Gasteiger partial charge is 0.272 e. The van der Waals surface area contributed by atoms with E-state index in [1.807, 2.05) is 13.0 Å². The number of allylic oxidation sites excluding steroid dienone is 2. The predicted octanol–water partition coefficient (Wildman–Crippen LogP) is 3.26. The van der Waals surface area contributed by atoms with Crippen molar-refractivity contribution in [1.29, 1.82) is 0 Å². The van der Waals surface area contributed by atoms with E-state index in [2.05, 4.69) is 10.5 Å². The van der Waals surface area contributed by atoms with Crippen LogP contribution < -0.4 is 5.43 Å². The molecule has 0 radical (unpaired) electrons. The number of hydrazone groups is 1. The van der Waals surface area contributed by atoms with E-state index in [-0.39, 0.29) is 11.4 Å². The van der Waals surface area contributed by atoms with Crippen LogP contribution in [0.2, 0.25) is 0 Å². The largest absolute Gasteiger partial charge is 0.301 e. The van der Waals surface area contributed by atoms with E-state index in [1.165, 1.54) is 18.3 Å². The quantitative estimate of drug-likeness (QED) is 0.467. The first-order valence-corrected chi connectivity index (χ1v) is 5.93. The van der Waals surface area contributed by atoms with Gasteiger partial charge in [-0.15, -0.1) is 0 Å². The third-order valence-electron chi connectivity index (χ3n) is 2.33. The highest BCUT2D eigenvalue weighted by atomic mass is 16.6. The lowest BCUT2D eigenvalue weighted by Crippen LogP contribution is -1.98. The number of hydrogen-bond donors (Lipinski definition) is 1. The highest BCUT2D eigenvalue weighted by Gasteiger charge is 2.18. The molecule has 1 aromatic rings. The molecule has 0 aliphatic carbocycles. The van der Waals surface area contributed by atoms with Crippen molar-refractivity contribution in [3.05, 3.63) is 50.6 Å². The summed E-state index contributed by atoms with van der Waals surface area (Å²) in [5, 5.41) is 25.2. The summed E-state index contributed by atoms with van der Waals surface area (Å²) in [4.78, 5) is 20.0. The Labute approximate surface area is 115 Å². The molecule has 1 aromatic carbocycles. The fraction of sp³-hybridized carbons (Fsp3) is 0.250. The van der Waals surface area contributed by atoms with Crippen molar-refractivity contribution < 1.29 is 9.85 Å². The second-order valence-corrected chi connectivity index (χ2v) is 3.82. The zero-order chi connectivity index (χ0) is 15.0. The molecule has 106 valence electrons. The van der Waals surface area contributed by atoms with Gasteiger partial charge in [0.25, 0.3) is 5.69 Å². The summed E-state index contributed by atoms with van der Waals surface area (Å²) >= 11 is 0. The average molecular weight is 278 g/mol. The van der Waals surface area contributed by atoms with E-state index in [9.17, 15) is 20.2 Å². The van der Waals surface area contributed by atoms with Gasteiger partial charge >= 0.3 is 5.69 Å². The molecule has 0 spiro atoms. The lowest BCUT2D eigenvalue weighted by molar-refractivity contribution is -0.393. The van der Waals surface area contributed by atoms with Crippen molar-refractivity contribution in [1.82, 2.24) is 0 Å². The molecule has 1 rings (SSSR count). The minimum atomic E-state index is -0.697. The number of non-ortho nitro benzene ring substituents is 1. The highest BCUT2D eigenvalue weighted by molar-refractivity contribution is 5.73. The molecule has 0 saturated heterocycles.